The van der Waals surface area contributed by atoms with Gasteiger partial charge in [-0.25, -0.2) is 0 Å². The van der Waals surface area contributed by atoms with Crippen molar-refractivity contribution in [2.75, 3.05) is 16.0 Å². The van der Waals surface area contributed by atoms with Gasteiger partial charge in [0.2, 0.25) is 17.8 Å². The van der Waals surface area contributed by atoms with Crippen molar-refractivity contribution in [3.63, 3.8) is 0 Å². The monoisotopic (exact) mass is 396 g/mol. The Morgan fingerprint density at radius 1 is 0.600 bits per heavy atom. The van der Waals surface area contributed by atoms with Crippen LogP contribution in [0.5, 0.6) is 0 Å². The van der Waals surface area contributed by atoms with E-state index in [1.807, 2.05) is 80.6 Å². The molecule has 150 valence electrons. The molecular weight excluding hydrogens is 372 g/mol. The van der Waals surface area contributed by atoms with E-state index in [9.17, 15) is 0 Å². The van der Waals surface area contributed by atoms with Gasteiger partial charge in [-0.15, -0.1) is 0 Å². The second-order valence-electron chi connectivity index (χ2n) is 7.13. The first-order valence-corrected chi connectivity index (χ1v) is 9.93. The summed E-state index contributed by atoms with van der Waals surface area (Å²) in [7, 11) is 0. The third-order valence-electron chi connectivity index (χ3n) is 4.34. The molecule has 0 bridgehead atoms. The molecule has 0 saturated carbocycles. The summed E-state index contributed by atoms with van der Waals surface area (Å²) >= 11 is 0. The molecule has 1 heterocycles. The number of nitrogens with zero attached hydrogens (tertiary/aromatic N) is 3. The van der Waals surface area contributed by atoms with Gasteiger partial charge in [-0.1, -0.05) is 66.7 Å². The molecule has 4 aromatic rings. The summed E-state index contributed by atoms with van der Waals surface area (Å²) in [5.41, 5.74) is 4.04. The number of hydrogen-bond acceptors (Lipinski definition) is 6. The molecule has 0 spiro atoms. The van der Waals surface area contributed by atoms with Crippen LogP contribution in [0.2, 0.25) is 0 Å². The highest BCUT2D eigenvalue weighted by Gasteiger charge is 2.11. The van der Waals surface area contributed by atoms with E-state index in [4.69, 9.17) is 0 Å². The molecule has 0 fully saturated rings. The van der Waals surface area contributed by atoms with Gasteiger partial charge in [0.05, 0.1) is 0 Å². The van der Waals surface area contributed by atoms with Gasteiger partial charge in [0, 0.05) is 23.0 Å². The van der Waals surface area contributed by atoms with Crippen LogP contribution in [0.4, 0.5) is 29.2 Å². The van der Waals surface area contributed by atoms with Crippen LogP contribution in [0.15, 0.2) is 84.9 Å². The van der Waals surface area contributed by atoms with Crippen molar-refractivity contribution >= 4 is 29.2 Å². The predicted molar refractivity (Wildman–Crippen MR) is 123 cm³/mol. The molecule has 0 amide bonds. The molecular formula is C24H24N6. The van der Waals surface area contributed by atoms with Crippen molar-refractivity contribution in [2.45, 2.75) is 19.9 Å². The number of rotatable bonds is 7. The molecule has 1 aromatic heterocycles. The molecule has 4 rings (SSSR count). The Kier molecular flexibility index (Phi) is 5.85. The van der Waals surface area contributed by atoms with Crippen molar-refractivity contribution in [2.24, 2.45) is 0 Å². The molecule has 0 atom stereocenters. The summed E-state index contributed by atoms with van der Waals surface area (Å²) in [5, 5.41) is 9.88. The lowest BCUT2D eigenvalue weighted by molar-refractivity contribution is 0.869. The minimum Gasteiger partial charge on any atom is -0.352 e. The van der Waals surface area contributed by atoms with Crippen LogP contribution in [-0.2, 0) is 0 Å². The van der Waals surface area contributed by atoms with E-state index in [1.54, 1.807) is 0 Å². The first kappa shape index (κ1) is 19.4. The molecule has 30 heavy (non-hydrogen) atoms. The van der Waals surface area contributed by atoms with E-state index in [0.29, 0.717) is 17.8 Å². The largest absolute Gasteiger partial charge is 0.352 e. The lowest BCUT2D eigenvalue weighted by Crippen LogP contribution is -2.15. The van der Waals surface area contributed by atoms with Gasteiger partial charge in [0.1, 0.15) is 0 Å². The summed E-state index contributed by atoms with van der Waals surface area (Å²) < 4.78 is 0. The van der Waals surface area contributed by atoms with Crippen LogP contribution in [0.25, 0.3) is 11.1 Å². The molecule has 6 nitrogen and oxygen atoms in total. The van der Waals surface area contributed by atoms with E-state index in [0.717, 1.165) is 22.5 Å². The molecule has 0 unspecified atom stereocenters. The molecule has 0 radical (unpaired) electrons. The predicted octanol–water partition coefficient (Wildman–Crippen LogP) is 5.85. The summed E-state index contributed by atoms with van der Waals surface area (Å²) in [6.45, 7) is 4.10. The molecule has 0 aliphatic heterocycles. The van der Waals surface area contributed by atoms with Crippen molar-refractivity contribution in [1.29, 1.82) is 0 Å². The molecule has 0 saturated heterocycles. The third-order valence-corrected chi connectivity index (χ3v) is 4.34. The lowest BCUT2D eigenvalue weighted by Gasteiger charge is -2.14. The smallest absolute Gasteiger partial charge is 0.233 e. The SMILES string of the molecule is CC(C)Nc1nc(Nc2ccccc2)nc(Nc2ccccc2-c2ccccc2)n1. The third kappa shape index (κ3) is 4.91. The number of benzene rings is 3. The average molecular weight is 396 g/mol. The Labute approximate surface area is 176 Å². The summed E-state index contributed by atoms with van der Waals surface area (Å²) in [5.74, 6) is 1.45. The van der Waals surface area contributed by atoms with Gasteiger partial charge in [-0.3, -0.25) is 0 Å². The van der Waals surface area contributed by atoms with Crippen LogP contribution in [0, 0.1) is 0 Å². The van der Waals surface area contributed by atoms with E-state index < -0.39 is 0 Å². The van der Waals surface area contributed by atoms with Crippen LogP contribution in [0.3, 0.4) is 0 Å². The zero-order chi connectivity index (χ0) is 20.8. The fraction of sp³-hybridized carbons (Fsp3) is 0.125. The number of para-hydroxylation sites is 2. The maximum absolute atomic E-state index is 4.58. The van der Waals surface area contributed by atoms with Crippen molar-refractivity contribution in [3.8, 4) is 11.1 Å². The molecule has 3 aromatic carbocycles. The van der Waals surface area contributed by atoms with Crippen LogP contribution >= 0.6 is 0 Å². The fourth-order valence-corrected chi connectivity index (χ4v) is 3.04. The zero-order valence-corrected chi connectivity index (χ0v) is 17.0. The van der Waals surface area contributed by atoms with E-state index >= 15 is 0 Å². The number of nitrogens with one attached hydrogen (secondary N) is 3. The van der Waals surface area contributed by atoms with Crippen molar-refractivity contribution in [1.82, 2.24) is 15.0 Å². The van der Waals surface area contributed by atoms with Gasteiger partial charge < -0.3 is 16.0 Å². The van der Waals surface area contributed by atoms with Gasteiger partial charge in [-0.2, -0.15) is 15.0 Å². The first-order valence-electron chi connectivity index (χ1n) is 9.93. The highest BCUT2D eigenvalue weighted by Crippen LogP contribution is 2.29. The summed E-state index contributed by atoms with van der Waals surface area (Å²) in [6, 6.07) is 28.4. The Bertz CT molecular complexity index is 1100. The van der Waals surface area contributed by atoms with E-state index in [-0.39, 0.29) is 6.04 Å². The average Bonchev–Trinajstić information content (AvgIpc) is 2.75. The van der Waals surface area contributed by atoms with Crippen molar-refractivity contribution in [3.05, 3.63) is 84.9 Å². The normalized spacial score (nSPS) is 10.6. The molecule has 0 aliphatic carbocycles. The second-order valence-corrected chi connectivity index (χ2v) is 7.13. The Morgan fingerprint density at radius 2 is 1.17 bits per heavy atom. The van der Waals surface area contributed by atoms with E-state index in [2.05, 4.69) is 49.1 Å². The summed E-state index contributed by atoms with van der Waals surface area (Å²) in [6.07, 6.45) is 0. The minimum absolute atomic E-state index is 0.196. The highest BCUT2D eigenvalue weighted by molar-refractivity contribution is 5.80. The Morgan fingerprint density at radius 3 is 1.87 bits per heavy atom. The molecule has 0 aliphatic rings. The Balaban J connectivity index is 1.68. The number of aromatic nitrogens is 3. The standard InChI is InChI=1S/C24H24N6/c1-17(2)25-22-28-23(26-19-13-7-4-8-14-19)30-24(29-22)27-21-16-10-9-15-20(21)18-11-5-3-6-12-18/h3-17H,1-2H3,(H3,25,26,27,28,29,30). The maximum Gasteiger partial charge on any atom is 0.233 e. The van der Waals surface area contributed by atoms with Crippen LogP contribution < -0.4 is 16.0 Å². The number of anilines is 5. The quantitative estimate of drug-likeness (QED) is 0.364. The van der Waals surface area contributed by atoms with Gasteiger partial charge in [0.15, 0.2) is 0 Å². The first-order chi connectivity index (χ1) is 14.7. The Hall–Kier alpha value is -3.93. The molecule has 3 N–H and O–H groups in total. The van der Waals surface area contributed by atoms with E-state index in [1.165, 1.54) is 0 Å². The van der Waals surface area contributed by atoms with Crippen LogP contribution in [0.1, 0.15) is 13.8 Å². The summed E-state index contributed by atoms with van der Waals surface area (Å²) in [4.78, 5) is 13.6. The van der Waals surface area contributed by atoms with Gasteiger partial charge in [0.25, 0.3) is 0 Å². The minimum atomic E-state index is 0.196. The fourth-order valence-electron chi connectivity index (χ4n) is 3.04. The maximum atomic E-state index is 4.58. The van der Waals surface area contributed by atoms with Gasteiger partial charge in [-0.05, 0) is 37.6 Å². The number of hydrogen-bond donors (Lipinski definition) is 3. The zero-order valence-electron chi connectivity index (χ0n) is 17.0. The topological polar surface area (TPSA) is 74.8 Å². The van der Waals surface area contributed by atoms with Crippen LogP contribution in [-0.4, -0.2) is 21.0 Å². The lowest BCUT2D eigenvalue weighted by atomic mass is 10.0. The molecule has 6 heteroatoms. The second kappa shape index (κ2) is 9.05. The highest BCUT2D eigenvalue weighted by atomic mass is 15.3. The van der Waals surface area contributed by atoms with Gasteiger partial charge >= 0.3 is 0 Å². The van der Waals surface area contributed by atoms with Crippen molar-refractivity contribution < 1.29 is 0 Å².